The second-order valence-corrected chi connectivity index (χ2v) is 15.3. The van der Waals surface area contributed by atoms with Gasteiger partial charge in [-0.3, -0.25) is 4.79 Å². The molecule has 1 heterocycles. The van der Waals surface area contributed by atoms with Crippen molar-refractivity contribution in [2.24, 2.45) is 0 Å². The van der Waals surface area contributed by atoms with Crippen LogP contribution in [0.15, 0.2) is 84.5 Å². The fraction of sp³-hybridized carbons (Fsp3) is 0.438. The average molecular weight is 551 g/mol. The maximum Gasteiger partial charge on any atom is 0.308 e. The maximum absolute atomic E-state index is 12.6. The van der Waals surface area contributed by atoms with Gasteiger partial charge in [0.2, 0.25) is 0 Å². The van der Waals surface area contributed by atoms with Crippen LogP contribution in [0.1, 0.15) is 47.0 Å². The molecule has 2 aromatic carbocycles. The first-order valence-electron chi connectivity index (χ1n) is 13.5. The molecular weight excluding hydrogens is 508 g/mol. The van der Waals surface area contributed by atoms with Crippen LogP contribution < -0.4 is 10.4 Å². The predicted octanol–water partition coefficient (Wildman–Crippen LogP) is 4.76. The van der Waals surface area contributed by atoms with Crippen molar-refractivity contribution in [1.82, 2.24) is 0 Å². The van der Waals surface area contributed by atoms with Gasteiger partial charge in [-0.2, -0.15) is 0 Å². The topological polar surface area (TPSA) is 71.1 Å². The van der Waals surface area contributed by atoms with Crippen molar-refractivity contribution in [3.05, 3.63) is 84.5 Å². The summed E-state index contributed by atoms with van der Waals surface area (Å²) in [5, 5.41) is 2.04. The molecule has 210 valence electrons. The third-order valence-electron chi connectivity index (χ3n) is 7.23. The van der Waals surface area contributed by atoms with Gasteiger partial charge >= 0.3 is 5.97 Å². The molecule has 0 radical (unpaired) electrons. The highest BCUT2D eigenvalue weighted by Gasteiger charge is 2.52. The van der Waals surface area contributed by atoms with Crippen molar-refractivity contribution >= 4 is 30.9 Å². The van der Waals surface area contributed by atoms with Gasteiger partial charge in [-0.25, -0.2) is 0 Å². The van der Waals surface area contributed by atoms with E-state index in [-0.39, 0.29) is 36.1 Å². The standard InChI is InChI=1S/C32H42O6Si/c1-24(17-18-25(35-5)19-20-33)21-30(29-22-26(36-6)23-31(34)37-29)38-39(32(2,3)4,27-13-9-7-10-14-27)28-15-11-8-12-16-28/h7-18,20-21,25-26,29-30H,19,22-23H2,1-6H3/b18-17+,24-21+/t25-,26+,29+,30+/m0/s1. The Hall–Kier alpha value is -2.84. The lowest BCUT2D eigenvalue weighted by atomic mass is 9.99. The third kappa shape index (κ3) is 7.63. The highest BCUT2D eigenvalue weighted by molar-refractivity contribution is 6.99. The molecule has 2 aromatic rings. The maximum atomic E-state index is 12.6. The Labute approximate surface area is 234 Å². The summed E-state index contributed by atoms with van der Waals surface area (Å²) in [6, 6.07) is 20.8. The lowest BCUT2D eigenvalue weighted by Crippen LogP contribution is -2.68. The SMILES string of the molecule is CO[C@H]1CC(=O)O[C@@H]([C@@H](/C=C(C)/C=C/[C@@H](CC=O)OC)O[Si](c2ccccc2)(c2ccccc2)C(C)(C)C)C1. The molecule has 1 saturated heterocycles. The Morgan fingerprint density at radius 3 is 2.13 bits per heavy atom. The van der Waals surface area contributed by atoms with Crippen LogP contribution >= 0.6 is 0 Å². The number of benzene rings is 2. The Bertz CT molecular complexity index is 1080. The lowest BCUT2D eigenvalue weighted by molar-refractivity contribution is -0.166. The van der Waals surface area contributed by atoms with Crippen molar-refractivity contribution < 1.29 is 28.2 Å². The summed E-state index contributed by atoms with van der Waals surface area (Å²) < 4.78 is 24.3. The summed E-state index contributed by atoms with van der Waals surface area (Å²) in [5.41, 5.74) is 0.918. The molecule has 0 spiro atoms. The molecular formula is C32H42O6Si. The van der Waals surface area contributed by atoms with Gasteiger partial charge in [0.25, 0.3) is 8.32 Å². The van der Waals surface area contributed by atoms with E-state index in [2.05, 4.69) is 45.0 Å². The quantitative estimate of drug-likeness (QED) is 0.164. The van der Waals surface area contributed by atoms with E-state index in [0.29, 0.717) is 6.42 Å². The summed E-state index contributed by atoms with van der Waals surface area (Å²) >= 11 is 0. The molecule has 6 nitrogen and oxygen atoms in total. The number of carbonyl (C=O) groups is 2. The number of hydrogen-bond donors (Lipinski definition) is 0. The summed E-state index contributed by atoms with van der Waals surface area (Å²) in [6.07, 6.45) is 6.10. The molecule has 39 heavy (non-hydrogen) atoms. The van der Waals surface area contributed by atoms with Gasteiger partial charge in [-0.15, -0.1) is 0 Å². The molecule has 0 aliphatic carbocycles. The second kappa shape index (κ2) is 14.0. The van der Waals surface area contributed by atoms with Gasteiger partial charge in [0.05, 0.1) is 18.6 Å². The van der Waals surface area contributed by atoms with Crippen LogP contribution in [0.2, 0.25) is 5.04 Å². The minimum Gasteiger partial charge on any atom is -0.459 e. The number of ether oxygens (including phenoxy) is 3. The molecule has 1 fully saturated rings. The highest BCUT2D eigenvalue weighted by atomic mass is 28.4. The van der Waals surface area contributed by atoms with Crippen LogP contribution in [-0.2, 0) is 28.2 Å². The van der Waals surface area contributed by atoms with Crippen LogP contribution in [0.4, 0.5) is 0 Å². The van der Waals surface area contributed by atoms with Crippen LogP contribution in [0.5, 0.6) is 0 Å². The Kier molecular flexibility index (Phi) is 11.0. The van der Waals surface area contributed by atoms with E-state index in [4.69, 9.17) is 18.6 Å². The minimum atomic E-state index is -2.95. The molecule has 1 aliphatic rings. The molecule has 3 rings (SSSR count). The molecule has 1 aliphatic heterocycles. The fourth-order valence-corrected chi connectivity index (χ4v) is 9.85. The largest absolute Gasteiger partial charge is 0.459 e. The van der Waals surface area contributed by atoms with E-state index in [9.17, 15) is 9.59 Å². The molecule has 0 unspecified atom stereocenters. The van der Waals surface area contributed by atoms with Gasteiger partial charge in [-0.05, 0) is 22.3 Å². The first-order chi connectivity index (χ1) is 18.6. The zero-order valence-electron chi connectivity index (χ0n) is 24.0. The fourth-order valence-electron chi connectivity index (χ4n) is 5.21. The number of allylic oxidation sites excluding steroid dienone is 2. The second-order valence-electron chi connectivity index (χ2n) is 11.0. The molecule has 0 amide bonds. The number of esters is 1. The van der Waals surface area contributed by atoms with Crippen LogP contribution in [0, 0.1) is 0 Å². The van der Waals surface area contributed by atoms with Gasteiger partial charge in [0, 0.05) is 27.1 Å². The monoisotopic (exact) mass is 550 g/mol. The van der Waals surface area contributed by atoms with Gasteiger partial charge in [0.15, 0.2) is 0 Å². The molecule has 7 heteroatoms. The number of hydrogen-bond acceptors (Lipinski definition) is 6. The Balaban J connectivity index is 2.16. The zero-order chi connectivity index (χ0) is 28.5. The molecule has 4 atom stereocenters. The Morgan fingerprint density at radius 1 is 1.05 bits per heavy atom. The molecule has 0 saturated carbocycles. The molecule has 0 N–H and O–H groups in total. The average Bonchev–Trinajstić information content (AvgIpc) is 2.93. The minimum absolute atomic E-state index is 0.225. The van der Waals surface area contributed by atoms with E-state index in [1.165, 1.54) is 0 Å². The van der Waals surface area contributed by atoms with Crippen molar-refractivity contribution in [1.29, 1.82) is 0 Å². The van der Waals surface area contributed by atoms with E-state index in [0.717, 1.165) is 22.2 Å². The normalized spacial score (nSPS) is 20.5. The summed E-state index contributed by atoms with van der Waals surface area (Å²) in [5.74, 6) is -0.291. The van der Waals surface area contributed by atoms with Crippen molar-refractivity contribution in [3.8, 4) is 0 Å². The van der Waals surface area contributed by atoms with E-state index in [1.807, 2.05) is 61.5 Å². The van der Waals surface area contributed by atoms with E-state index >= 15 is 0 Å². The lowest BCUT2D eigenvalue weighted by Gasteiger charge is -2.46. The van der Waals surface area contributed by atoms with Crippen LogP contribution in [-0.4, -0.2) is 59.2 Å². The van der Waals surface area contributed by atoms with Crippen molar-refractivity contribution in [2.45, 2.75) is 76.4 Å². The number of carbonyl (C=O) groups excluding carboxylic acids is 2. The number of cyclic esters (lactones) is 1. The highest BCUT2D eigenvalue weighted by Crippen LogP contribution is 2.39. The van der Waals surface area contributed by atoms with Gasteiger partial charge in [-0.1, -0.05) is 105 Å². The number of methoxy groups -OCH3 is 2. The zero-order valence-corrected chi connectivity index (χ0v) is 25.0. The number of aldehydes is 1. The molecule has 0 aromatic heterocycles. The summed E-state index contributed by atoms with van der Waals surface area (Å²) in [6.45, 7) is 8.64. The van der Waals surface area contributed by atoms with Crippen LogP contribution in [0.25, 0.3) is 0 Å². The van der Waals surface area contributed by atoms with Crippen LogP contribution in [0.3, 0.4) is 0 Å². The predicted molar refractivity (Wildman–Crippen MR) is 157 cm³/mol. The van der Waals surface area contributed by atoms with Gasteiger partial charge < -0.3 is 23.4 Å². The van der Waals surface area contributed by atoms with Crippen molar-refractivity contribution in [3.63, 3.8) is 0 Å². The first-order valence-corrected chi connectivity index (χ1v) is 15.4. The van der Waals surface area contributed by atoms with E-state index in [1.54, 1.807) is 14.2 Å². The van der Waals surface area contributed by atoms with Crippen molar-refractivity contribution in [2.75, 3.05) is 14.2 Å². The third-order valence-corrected chi connectivity index (χ3v) is 12.3. The molecule has 0 bridgehead atoms. The number of rotatable bonds is 12. The first kappa shape index (κ1) is 30.7. The van der Waals surface area contributed by atoms with Gasteiger partial charge in [0.1, 0.15) is 18.5 Å². The smallest absolute Gasteiger partial charge is 0.308 e. The van der Waals surface area contributed by atoms with E-state index < -0.39 is 20.5 Å². The summed E-state index contributed by atoms with van der Waals surface area (Å²) in [7, 11) is 0.254. The Morgan fingerprint density at radius 2 is 1.64 bits per heavy atom. The summed E-state index contributed by atoms with van der Waals surface area (Å²) in [4.78, 5) is 23.6.